The highest BCUT2D eigenvalue weighted by Crippen LogP contribution is 2.55. The Balaban J connectivity index is 1.27. The number of amides is 2. The van der Waals surface area contributed by atoms with E-state index < -0.39 is 21.2 Å². The number of likely N-dealkylation sites (tertiary alicyclic amines) is 2. The molecule has 49 heavy (non-hydrogen) atoms. The van der Waals surface area contributed by atoms with E-state index in [0.29, 0.717) is 24.5 Å². The molecule has 3 atom stereocenters. The molecule has 0 bridgehead atoms. The van der Waals surface area contributed by atoms with Crippen molar-refractivity contribution in [1.82, 2.24) is 19.1 Å². The molecule has 262 valence electrons. The van der Waals surface area contributed by atoms with Gasteiger partial charge in [-0.3, -0.25) is 9.59 Å². The summed E-state index contributed by atoms with van der Waals surface area (Å²) < 4.78 is 36.3. The van der Waals surface area contributed by atoms with Crippen LogP contribution >= 0.6 is 0 Å². The number of carbonyl (C=O) groups excluding carboxylic acids is 2. The fourth-order valence-electron chi connectivity index (χ4n) is 9.93. The Hall–Kier alpha value is -3.37. The number of ether oxygens (including phenoxy) is 1. The second-order valence-electron chi connectivity index (χ2n) is 15.9. The first-order valence-electron chi connectivity index (χ1n) is 18.4. The lowest BCUT2D eigenvalue weighted by molar-refractivity contribution is -0.139. The van der Waals surface area contributed by atoms with Crippen LogP contribution in [-0.4, -0.2) is 80.2 Å². The smallest absolute Gasteiger partial charge is 0.265 e. The van der Waals surface area contributed by atoms with Gasteiger partial charge in [0.25, 0.3) is 5.91 Å². The second-order valence-corrected chi connectivity index (χ2v) is 18.1. The van der Waals surface area contributed by atoms with E-state index in [0.717, 1.165) is 97.3 Å². The van der Waals surface area contributed by atoms with Crippen LogP contribution in [0.3, 0.4) is 0 Å². The molecule has 3 aliphatic heterocycles. The third kappa shape index (κ3) is 5.48. The molecule has 2 amide bonds. The van der Waals surface area contributed by atoms with Gasteiger partial charge in [0, 0.05) is 48.6 Å². The highest BCUT2D eigenvalue weighted by Gasteiger charge is 2.49. The van der Waals surface area contributed by atoms with Crippen LogP contribution in [0.4, 0.5) is 0 Å². The molecule has 0 radical (unpaired) electrons. The summed E-state index contributed by atoms with van der Waals surface area (Å²) in [7, 11) is 0.0800. The number of hydrogen-bond donors (Lipinski definition) is 1. The number of fused-ring (bicyclic) bond motifs is 6. The van der Waals surface area contributed by atoms with Gasteiger partial charge in [0.05, 0.1) is 29.4 Å². The van der Waals surface area contributed by atoms with Crippen molar-refractivity contribution >= 4 is 32.7 Å². The molecule has 10 heteroatoms. The zero-order chi connectivity index (χ0) is 34.2. The fourth-order valence-corrected chi connectivity index (χ4v) is 10.5. The van der Waals surface area contributed by atoms with E-state index in [-0.39, 0.29) is 23.2 Å². The maximum absolute atomic E-state index is 14.9. The van der Waals surface area contributed by atoms with Crippen molar-refractivity contribution in [3.05, 3.63) is 63.9 Å². The minimum absolute atomic E-state index is 0.160. The SMILES string of the molecule is COc1ccc(C2CCCCC2)c2c1cc1n2CC2=C(C(=O)NS(=O)(=O)C(C)C)C2=C2C=CC[C@@H](C(=O)N3CCCC4(CCN(C)C4)C3)C21. The third-order valence-electron chi connectivity index (χ3n) is 12.5. The normalized spacial score (nSPS) is 27.4. The van der Waals surface area contributed by atoms with Crippen molar-refractivity contribution in [2.75, 3.05) is 40.3 Å². The number of methoxy groups -OCH3 is 1. The van der Waals surface area contributed by atoms with Crippen LogP contribution in [0.5, 0.6) is 5.75 Å². The van der Waals surface area contributed by atoms with Crippen LogP contribution in [0, 0.1) is 11.3 Å². The van der Waals surface area contributed by atoms with Crippen LogP contribution in [0.2, 0.25) is 0 Å². The Kier molecular flexibility index (Phi) is 8.13. The number of hydrogen-bond acceptors (Lipinski definition) is 6. The molecule has 2 aromatic rings. The summed E-state index contributed by atoms with van der Waals surface area (Å²) in [5.74, 6) is 0.274. The van der Waals surface area contributed by atoms with E-state index in [9.17, 15) is 18.0 Å². The number of rotatable bonds is 6. The van der Waals surface area contributed by atoms with Gasteiger partial charge < -0.3 is 19.1 Å². The number of nitrogens with zero attached hydrogens (tertiary/aromatic N) is 3. The Morgan fingerprint density at radius 3 is 2.55 bits per heavy atom. The maximum atomic E-state index is 14.9. The van der Waals surface area contributed by atoms with Crippen LogP contribution in [-0.2, 0) is 26.2 Å². The summed E-state index contributed by atoms with van der Waals surface area (Å²) >= 11 is 0. The minimum Gasteiger partial charge on any atom is -0.496 e. The standard InChI is InChI=1S/C39H50N4O5S/c1-24(2)49(46,47)40-37(44)35-30-21-43-31(20-29-32(48-4)15-14-26(36(29)43)25-10-6-5-7-11-25)33-27(34(30)35)12-8-13-28(33)38(45)42-18-9-16-39(23-42)17-19-41(3)22-39/h8,12,14-15,20,24-25,28,33H,5-7,9-11,13,16-19,21-23H2,1-4H3,(H,40,44)/t28-,33?,39?/m1/s1. The molecule has 6 aliphatic rings. The molecule has 4 heterocycles. The van der Waals surface area contributed by atoms with Crippen molar-refractivity contribution in [3.63, 3.8) is 0 Å². The molecule has 9 nitrogen and oxygen atoms in total. The predicted molar refractivity (Wildman–Crippen MR) is 191 cm³/mol. The number of benzene rings is 1. The van der Waals surface area contributed by atoms with Crippen molar-refractivity contribution in [2.24, 2.45) is 11.3 Å². The molecular formula is C39H50N4O5S. The molecule has 2 saturated heterocycles. The Morgan fingerprint density at radius 1 is 1.04 bits per heavy atom. The van der Waals surface area contributed by atoms with Crippen LogP contribution in [0.25, 0.3) is 10.9 Å². The monoisotopic (exact) mass is 686 g/mol. The summed E-state index contributed by atoms with van der Waals surface area (Å²) in [6.45, 7) is 7.27. The van der Waals surface area contributed by atoms with E-state index in [4.69, 9.17) is 4.74 Å². The summed E-state index contributed by atoms with van der Waals surface area (Å²) in [6, 6.07) is 6.57. The Bertz CT molecular complexity index is 1930. The largest absolute Gasteiger partial charge is 0.496 e. The number of aromatic nitrogens is 1. The second kappa shape index (κ2) is 12.1. The molecule has 1 N–H and O–H groups in total. The molecule has 1 saturated carbocycles. The number of carbonyl (C=O) groups is 2. The average molecular weight is 687 g/mol. The van der Waals surface area contributed by atoms with Crippen LogP contribution in [0.1, 0.15) is 94.7 Å². The van der Waals surface area contributed by atoms with E-state index in [1.54, 1.807) is 21.0 Å². The summed E-state index contributed by atoms with van der Waals surface area (Å²) in [5, 5.41) is 0.315. The van der Waals surface area contributed by atoms with Crippen molar-refractivity contribution in [3.8, 4) is 5.75 Å². The van der Waals surface area contributed by atoms with Gasteiger partial charge in [0.1, 0.15) is 5.75 Å². The van der Waals surface area contributed by atoms with Gasteiger partial charge in [0.15, 0.2) is 0 Å². The van der Waals surface area contributed by atoms with Gasteiger partial charge in [-0.25, -0.2) is 13.1 Å². The molecule has 1 spiro atoms. The zero-order valence-electron chi connectivity index (χ0n) is 29.4. The highest BCUT2D eigenvalue weighted by atomic mass is 32.2. The predicted octanol–water partition coefficient (Wildman–Crippen LogP) is 5.78. The lowest BCUT2D eigenvalue weighted by Crippen LogP contribution is -2.50. The third-order valence-corrected chi connectivity index (χ3v) is 14.2. The highest BCUT2D eigenvalue weighted by molar-refractivity contribution is 7.90. The van der Waals surface area contributed by atoms with Crippen molar-refractivity contribution in [2.45, 2.75) is 95.3 Å². The minimum atomic E-state index is -3.81. The summed E-state index contributed by atoms with van der Waals surface area (Å²) in [6.07, 6.45) is 14.1. The molecule has 2 unspecified atom stereocenters. The molecule has 1 aromatic carbocycles. The van der Waals surface area contributed by atoms with E-state index in [1.807, 2.05) is 0 Å². The molecule has 1 aromatic heterocycles. The quantitative estimate of drug-likeness (QED) is 0.414. The van der Waals surface area contributed by atoms with Crippen LogP contribution < -0.4 is 9.46 Å². The number of allylic oxidation sites excluding steroid dienone is 4. The molecule has 3 aliphatic carbocycles. The lowest BCUT2D eigenvalue weighted by atomic mass is 9.74. The molecule has 3 fully saturated rings. The Morgan fingerprint density at radius 2 is 1.84 bits per heavy atom. The van der Waals surface area contributed by atoms with Gasteiger partial charge >= 0.3 is 0 Å². The first-order valence-corrected chi connectivity index (χ1v) is 19.9. The van der Waals surface area contributed by atoms with Gasteiger partial charge in [-0.2, -0.15) is 0 Å². The maximum Gasteiger partial charge on any atom is 0.265 e. The van der Waals surface area contributed by atoms with Crippen molar-refractivity contribution in [1.29, 1.82) is 0 Å². The number of sulfonamides is 1. The first-order chi connectivity index (χ1) is 23.5. The number of nitrogens with one attached hydrogen (secondary N) is 1. The lowest BCUT2D eigenvalue weighted by Gasteiger charge is -2.43. The average Bonchev–Trinajstić information content (AvgIpc) is 3.58. The van der Waals surface area contributed by atoms with Gasteiger partial charge in [-0.15, -0.1) is 0 Å². The fraction of sp³-hybridized carbons (Fsp3) is 0.590. The zero-order valence-corrected chi connectivity index (χ0v) is 30.2. The van der Waals surface area contributed by atoms with Gasteiger partial charge in [0.2, 0.25) is 15.9 Å². The molecule has 8 rings (SSSR count). The van der Waals surface area contributed by atoms with Gasteiger partial charge in [-0.05, 0) is 106 Å². The van der Waals surface area contributed by atoms with E-state index in [1.165, 1.54) is 24.8 Å². The van der Waals surface area contributed by atoms with Crippen LogP contribution in [0.15, 0.2) is 52.6 Å². The summed E-state index contributed by atoms with van der Waals surface area (Å²) in [4.78, 5) is 33.1. The first kappa shape index (κ1) is 32.8. The van der Waals surface area contributed by atoms with E-state index in [2.05, 4.69) is 56.5 Å². The van der Waals surface area contributed by atoms with Crippen molar-refractivity contribution < 1.29 is 22.7 Å². The summed E-state index contributed by atoms with van der Waals surface area (Å²) in [5.41, 5.74) is 6.80. The Labute approximate surface area is 290 Å². The molecular weight excluding hydrogens is 637 g/mol. The van der Waals surface area contributed by atoms with E-state index >= 15 is 0 Å². The number of piperidine rings is 1. The topological polar surface area (TPSA) is 101 Å². The van der Waals surface area contributed by atoms with Gasteiger partial charge in [-0.1, -0.05) is 37.5 Å².